The third-order valence-electron chi connectivity index (χ3n) is 3.66. The number of carbonyl (C=O) groups excluding carboxylic acids is 2. The topological polar surface area (TPSA) is 61.8 Å². The van der Waals surface area contributed by atoms with Gasteiger partial charge in [-0.1, -0.05) is 12.1 Å². The minimum Gasteiger partial charge on any atom is -0.488 e. The zero-order chi connectivity index (χ0) is 15.1. The fourth-order valence-electron chi connectivity index (χ4n) is 2.57. The number of fused-ring (bicyclic) bond motifs is 3. The molecule has 0 radical (unpaired) electrons. The third-order valence-corrected chi connectivity index (χ3v) is 4.85. The summed E-state index contributed by atoms with van der Waals surface area (Å²) in [7, 11) is 0. The highest BCUT2D eigenvalue weighted by Gasteiger charge is 2.31. The van der Waals surface area contributed by atoms with Crippen LogP contribution in [0, 0.1) is 0 Å². The summed E-state index contributed by atoms with van der Waals surface area (Å²) in [5.41, 5.74) is 1.94. The molecule has 6 heteroatoms. The first-order chi connectivity index (χ1) is 10.7. The molecule has 112 valence electrons. The smallest absolute Gasteiger partial charge is 0.349 e. The Balaban J connectivity index is 1.62. The van der Waals surface area contributed by atoms with Gasteiger partial charge in [-0.25, -0.2) is 9.59 Å². The van der Waals surface area contributed by atoms with Crippen LogP contribution in [0.25, 0.3) is 10.4 Å². The monoisotopic (exact) mass is 316 g/mol. The van der Waals surface area contributed by atoms with Crippen molar-refractivity contribution in [3.05, 3.63) is 40.8 Å². The van der Waals surface area contributed by atoms with E-state index in [0.717, 1.165) is 21.8 Å². The first-order valence-electron chi connectivity index (χ1n) is 6.95. The Labute approximate surface area is 130 Å². The predicted molar refractivity (Wildman–Crippen MR) is 78.9 cm³/mol. The molecule has 1 aromatic carbocycles. The van der Waals surface area contributed by atoms with Gasteiger partial charge in [-0.05, 0) is 18.2 Å². The summed E-state index contributed by atoms with van der Waals surface area (Å²) < 4.78 is 15.7. The van der Waals surface area contributed by atoms with E-state index in [4.69, 9.17) is 14.2 Å². The standard InChI is InChI=1S/C16H12O5S/c17-15-12(5-6-19-15)21-16(18)13-7-9-8-20-11-4-2-1-3-10(11)14(9)22-13/h1-4,7,12H,5-6,8H2/t12-/m0/s1. The van der Waals surface area contributed by atoms with Crippen molar-refractivity contribution in [1.82, 2.24) is 0 Å². The Bertz CT molecular complexity index is 764. The number of rotatable bonds is 2. The van der Waals surface area contributed by atoms with Gasteiger partial charge in [0.1, 0.15) is 17.2 Å². The number of cyclic esters (lactones) is 1. The molecule has 0 bridgehead atoms. The van der Waals surface area contributed by atoms with Crippen LogP contribution in [0.2, 0.25) is 0 Å². The molecule has 0 amide bonds. The summed E-state index contributed by atoms with van der Waals surface area (Å²) in [6.45, 7) is 0.737. The summed E-state index contributed by atoms with van der Waals surface area (Å²) in [6, 6.07) is 9.50. The van der Waals surface area contributed by atoms with Crippen molar-refractivity contribution < 1.29 is 23.8 Å². The average Bonchev–Trinajstić information content (AvgIpc) is 3.14. The van der Waals surface area contributed by atoms with Gasteiger partial charge < -0.3 is 14.2 Å². The van der Waals surface area contributed by atoms with Gasteiger partial charge in [0.25, 0.3) is 0 Å². The molecule has 5 nitrogen and oxygen atoms in total. The van der Waals surface area contributed by atoms with E-state index in [9.17, 15) is 9.59 Å². The molecule has 0 spiro atoms. The van der Waals surface area contributed by atoms with Crippen LogP contribution >= 0.6 is 11.3 Å². The van der Waals surface area contributed by atoms with Crippen LogP contribution in [0.4, 0.5) is 0 Å². The number of ether oxygens (including phenoxy) is 3. The molecule has 1 aromatic heterocycles. The van der Waals surface area contributed by atoms with Crippen molar-refractivity contribution in [3.63, 3.8) is 0 Å². The van der Waals surface area contributed by atoms with E-state index in [-0.39, 0.29) is 0 Å². The average molecular weight is 316 g/mol. The normalized spacial score (nSPS) is 18.9. The Kier molecular flexibility index (Phi) is 3.11. The van der Waals surface area contributed by atoms with Gasteiger partial charge >= 0.3 is 11.9 Å². The first-order valence-corrected chi connectivity index (χ1v) is 7.76. The van der Waals surface area contributed by atoms with Crippen molar-refractivity contribution in [1.29, 1.82) is 0 Å². The largest absolute Gasteiger partial charge is 0.488 e. The van der Waals surface area contributed by atoms with Gasteiger partial charge in [0.2, 0.25) is 6.10 Å². The second-order valence-corrected chi connectivity index (χ2v) is 6.15. The van der Waals surface area contributed by atoms with Crippen LogP contribution < -0.4 is 4.74 Å². The molecular formula is C16H12O5S. The second kappa shape index (κ2) is 5.14. The van der Waals surface area contributed by atoms with Gasteiger partial charge in [0.15, 0.2) is 0 Å². The lowest BCUT2D eigenvalue weighted by atomic mass is 10.1. The molecule has 4 rings (SSSR count). The number of esters is 2. The van der Waals surface area contributed by atoms with Crippen molar-refractivity contribution in [2.45, 2.75) is 19.1 Å². The summed E-state index contributed by atoms with van der Waals surface area (Å²) in [5.74, 6) is -0.139. The number of hydrogen-bond acceptors (Lipinski definition) is 6. The molecule has 0 aliphatic carbocycles. The van der Waals surface area contributed by atoms with Gasteiger partial charge in [0, 0.05) is 22.4 Å². The number of hydrogen-bond donors (Lipinski definition) is 0. The van der Waals surface area contributed by atoms with Crippen LogP contribution in [0.15, 0.2) is 30.3 Å². The lowest BCUT2D eigenvalue weighted by molar-refractivity contribution is -0.145. The van der Waals surface area contributed by atoms with E-state index in [1.54, 1.807) is 6.07 Å². The van der Waals surface area contributed by atoms with E-state index >= 15 is 0 Å². The Morgan fingerprint density at radius 3 is 2.95 bits per heavy atom. The van der Waals surface area contributed by atoms with E-state index in [1.165, 1.54) is 11.3 Å². The van der Waals surface area contributed by atoms with E-state index in [1.807, 2.05) is 24.3 Å². The van der Waals surface area contributed by atoms with Crippen LogP contribution in [-0.2, 0) is 20.9 Å². The third kappa shape index (κ3) is 2.16. The van der Waals surface area contributed by atoms with Gasteiger partial charge in [0.05, 0.1) is 6.61 Å². The maximum Gasteiger partial charge on any atom is 0.349 e. The maximum atomic E-state index is 12.2. The van der Waals surface area contributed by atoms with Gasteiger partial charge in [-0.15, -0.1) is 11.3 Å². The fourth-order valence-corrected chi connectivity index (χ4v) is 3.65. The minimum atomic E-state index is -0.782. The highest BCUT2D eigenvalue weighted by molar-refractivity contribution is 7.17. The summed E-state index contributed by atoms with van der Waals surface area (Å²) in [5, 5.41) is 0. The van der Waals surface area contributed by atoms with Gasteiger partial charge in [-0.3, -0.25) is 0 Å². The van der Waals surface area contributed by atoms with Crippen molar-refractivity contribution in [2.24, 2.45) is 0 Å². The SMILES string of the molecule is O=C(O[C@H]1CCOC1=O)c1cc2c(s1)-c1ccccc1OC2. The number of thiophene rings is 1. The van der Waals surface area contributed by atoms with Gasteiger partial charge in [-0.2, -0.15) is 0 Å². The second-order valence-electron chi connectivity index (χ2n) is 5.10. The van der Waals surface area contributed by atoms with E-state index in [0.29, 0.717) is 24.5 Å². The molecule has 3 heterocycles. The Morgan fingerprint density at radius 1 is 1.27 bits per heavy atom. The maximum absolute atomic E-state index is 12.2. The van der Waals surface area contributed by atoms with Crippen molar-refractivity contribution in [2.75, 3.05) is 6.61 Å². The zero-order valence-corrected chi connectivity index (χ0v) is 12.4. The molecule has 22 heavy (non-hydrogen) atoms. The quantitative estimate of drug-likeness (QED) is 0.797. The summed E-state index contributed by atoms with van der Waals surface area (Å²) >= 11 is 1.36. The highest BCUT2D eigenvalue weighted by Crippen LogP contribution is 2.42. The molecule has 0 unspecified atom stereocenters. The van der Waals surface area contributed by atoms with Crippen LogP contribution in [0.1, 0.15) is 21.7 Å². The first kappa shape index (κ1) is 13.3. The molecule has 1 atom stereocenters. The van der Waals surface area contributed by atoms with Crippen LogP contribution in [0.5, 0.6) is 5.75 Å². The molecule has 1 fully saturated rings. The molecular weight excluding hydrogens is 304 g/mol. The Morgan fingerprint density at radius 2 is 2.14 bits per heavy atom. The predicted octanol–water partition coefficient (Wildman–Crippen LogP) is 2.78. The number of para-hydroxylation sites is 1. The lowest BCUT2D eigenvalue weighted by Crippen LogP contribution is -2.22. The van der Waals surface area contributed by atoms with E-state index < -0.39 is 18.0 Å². The Hall–Kier alpha value is -2.34. The summed E-state index contributed by atoms with van der Waals surface area (Å²) in [4.78, 5) is 25.1. The summed E-state index contributed by atoms with van der Waals surface area (Å²) in [6.07, 6.45) is -0.364. The molecule has 2 aromatic rings. The fraction of sp³-hybridized carbons (Fsp3) is 0.250. The van der Waals surface area contributed by atoms with Crippen LogP contribution in [-0.4, -0.2) is 24.6 Å². The zero-order valence-electron chi connectivity index (χ0n) is 11.5. The highest BCUT2D eigenvalue weighted by atomic mass is 32.1. The lowest BCUT2D eigenvalue weighted by Gasteiger charge is -2.16. The van der Waals surface area contributed by atoms with Crippen LogP contribution in [0.3, 0.4) is 0 Å². The van der Waals surface area contributed by atoms with E-state index in [2.05, 4.69) is 0 Å². The molecule has 0 saturated carbocycles. The molecule has 0 N–H and O–H groups in total. The number of benzene rings is 1. The van der Waals surface area contributed by atoms with Crippen molar-refractivity contribution >= 4 is 23.3 Å². The minimum absolute atomic E-state index is 0.304. The molecule has 2 aliphatic heterocycles. The van der Waals surface area contributed by atoms with Crippen molar-refractivity contribution in [3.8, 4) is 16.2 Å². The molecule has 1 saturated heterocycles. The number of carbonyl (C=O) groups is 2. The molecule has 2 aliphatic rings.